The van der Waals surface area contributed by atoms with Gasteiger partial charge in [0.15, 0.2) is 0 Å². The second-order valence-corrected chi connectivity index (χ2v) is 5.53. The van der Waals surface area contributed by atoms with E-state index in [1.165, 1.54) is 18.4 Å². The summed E-state index contributed by atoms with van der Waals surface area (Å²) in [6, 6.07) is 7.63. The number of amides is 1. The molecule has 20 heavy (non-hydrogen) atoms. The van der Waals surface area contributed by atoms with Crippen molar-refractivity contribution in [2.45, 2.75) is 11.3 Å². The van der Waals surface area contributed by atoms with Crippen molar-refractivity contribution in [2.24, 2.45) is 0 Å². The molecule has 1 heterocycles. The van der Waals surface area contributed by atoms with E-state index in [9.17, 15) is 13.4 Å². The third kappa shape index (κ3) is 3.71. The van der Waals surface area contributed by atoms with Gasteiger partial charge in [-0.05, 0) is 29.8 Å². The number of aromatic nitrogens is 1. The molecule has 0 fully saturated rings. The summed E-state index contributed by atoms with van der Waals surface area (Å²) in [6.07, 6.45) is 4.79. The normalized spacial score (nSPS) is 11.9. The highest BCUT2D eigenvalue weighted by molar-refractivity contribution is 7.84. The Kier molecular flexibility index (Phi) is 4.57. The van der Waals surface area contributed by atoms with E-state index in [4.69, 9.17) is 0 Å². The summed E-state index contributed by atoms with van der Waals surface area (Å²) >= 11 is 0. The molecule has 0 aliphatic rings. The first-order chi connectivity index (χ1) is 9.56. The fourth-order valence-electron chi connectivity index (χ4n) is 1.70. The molecule has 104 valence electrons. The minimum Gasteiger partial charge on any atom is -0.326 e. The number of halogens is 1. The van der Waals surface area contributed by atoms with Crippen molar-refractivity contribution in [3.63, 3.8) is 0 Å². The Morgan fingerprint density at radius 3 is 2.80 bits per heavy atom. The molecule has 0 bridgehead atoms. The minimum atomic E-state index is -1.39. The number of hydrogen-bond acceptors (Lipinski definition) is 3. The predicted octanol–water partition coefficient (Wildman–Crippen LogP) is 2.14. The third-order valence-electron chi connectivity index (χ3n) is 2.61. The molecule has 1 N–H and O–H groups in total. The first-order valence-electron chi connectivity index (χ1n) is 5.88. The van der Waals surface area contributed by atoms with Crippen LogP contribution in [-0.4, -0.2) is 21.4 Å². The highest BCUT2D eigenvalue weighted by Crippen LogP contribution is 2.17. The van der Waals surface area contributed by atoms with E-state index in [1.807, 2.05) is 0 Å². The number of anilines is 1. The van der Waals surface area contributed by atoms with Crippen LogP contribution in [0.2, 0.25) is 0 Å². The quantitative estimate of drug-likeness (QED) is 0.939. The average Bonchev–Trinajstić information content (AvgIpc) is 2.39. The number of pyridine rings is 1. The molecule has 6 heteroatoms. The summed E-state index contributed by atoms with van der Waals surface area (Å²) in [7, 11) is -1.39. The summed E-state index contributed by atoms with van der Waals surface area (Å²) in [4.78, 5) is 15.8. The van der Waals surface area contributed by atoms with Gasteiger partial charge < -0.3 is 5.32 Å². The summed E-state index contributed by atoms with van der Waals surface area (Å²) in [5, 5.41) is 2.59. The molecule has 1 aromatic heterocycles. The van der Waals surface area contributed by atoms with Gasteiger partial charge in [0, 0.05) is 24.3 Å². The first kappa shape index (κ1) is 14.3. The van der Waals surface area contributed by atoms with Crippen LogP contribution >= 0.6 is 0 Å². The van der Waals surface area contributed by atoms with Gasteiger partial charge in [0.2, 0.25) is 5.91 Å². The van der Waals surface area contributed by atoms with Crippen molar-refractivity contribution in [1.29, 1.82) is 0 Å². The Bertz CT molecular complexity index is 647. The monoisotopic (exact) mass is 292 g/mol. The molecule has 0 saturated heterocycles. The second-order valence-electron chi connectivity index (χ2n) is 4.19. The van der Waals surface area contributed by atoms with Crippen LogP contribution in [0.4, 0.5) is 10.1 Å². The Balaban J connectivity index is 2.05. The van der Waals surface area contributed by atoms with Crippen LogP contribution in [0.15, 0.2) is 47.6 Å². The lowest BCUT2D eigenvalue weighted by Gasteiger charge is -2.07. The van der Waals surface area contributed by atoms with Gasteiger partial charge in [-0.2, -0.15) is 0 Å². The number of hydrogen-bond donors (Lipinski definition) is 1. The number of carbonyl (C=O) groups excluding carboxylic acids is 1. The maximum absolute atomic E-state index is 13.6. The molecular formula is C14H13FN2O2S. The van der Waals surface area contributed by atoms with Crippen LogP contribution in [-0.2, 0) is 22.0 Å². The maximum Gasteiger partial charge on any atom is 0.228 e. The fourth-order valence-corrected chi connectivity index (χ4v) is 2.30. The van der Waals surface area contributed by atoms with Crippen LogP contribution in [0.5, 0.6) is 0 Å². The van der Waals surface area contributed by atoms with Crippen LogP contribution in [0, 0.1) is 5.82 Å². The molecule has 0 saturated carbocycles. The second kappa shape index (κ2) is 6.38. The number of nitrogens with zero attached hydrogens (tertiary/aromatic N) is 1. The molecule has 4 nitrogen and oxygen atoms in total. The number of benzene rings is 1. The van der Waals surface area contributed by atoms with Gasteiger partial charge in [-0.1, -0.05) is 6.07 Å². The van der Waals surface area contributed by atoms with Gasteiger partial charge in [0.1, 0.15) is 5.82 Å². The minimum absolute atomic E-state index is 0.121. The molecular weight excluding hydrogens is 279 g/mol. The summed E-state index contributed by atoms with van der Waals surface area (Å²) in [5.74, 6) is -0.854. The van der Waals surface area contributed by atoms with Crippen LogP contribution in [0.1, 0.15) is 5.56 Å². The van der Waals surface area contributed by atoms with Gasteiger partial charge >= 0.3 is 0 Å². The standard InChI is InChI=1S/C14H13FN2O2S/c1-20(19)13-5-4-11(8-12(13)15)17-14(18)7-10-3-2-6-16-9-10/h2-6,8-9H,7H2,1H3,(H,17,18)/t20-/m0/s1. The van der Waals surface area contributed by atoms with E-state index >= 15 is 0 Å². The Morgan fingerprint density at radius 2 is 2.20 bits per heavy atom. The molecule has 2 aromatic rings. The predicted molar refractivity (Wildman–Crippen MR) is 75.3 cm³/mol. The van der Waals surface area contributed by atoms with Crippen molar-refractivity contribution < 1.29 is 13.4 Å². The Hall–Kier alpha value is -2.08. The number of nitrogens with one attached hydrogen (secondary N) is 1. The van der Waals surface area contributed by atoms with Crippen molar-refractivity contribution >= 4 is 22.4 Å². The van der Waals surface area contributed by atoms with E-state index < -0.39 is 16.6 Å². The van der Waals surface area contributed by atoms with E-state index in [1.54, 1.807) is 24.5 Å². The number of rotatable bonds is 4. The Morgan fingerprint density at radius 1 is 1.40 bits per heavy atom. The lowest BCUT2D eigenvalue weighted by atomic mass is 10.2. The molecule has 0 radical (unpaired) electrons. The zero-order valence-electron chi connectivity index (χ0n) is 10.8. The third-order valence-corrected chi connectivity index (χ3v) is 3.56. The van der Waals surface area contributed by atoms with E-state index in [0.29, 0.717) is 5.69 Å². The van der Waals surface area contributed by atoms with Crippen molar-refractivity contribution in [3.05, 3.63) is 54.1 Å². The topological polar surface area (TPSA) is 59.1 Å². The SMILES string of the molecule is C[S@](=O)c1ccc(NC(=O)Cc2cccnc2)cc1F. The molecule has 2 rings (SSSR count). The molecule has 0 unspecified atom stereocenters. The molecule has 0 spiro atoms. The number of carbonyl (C=O) groups is 1. The van der Waals surface area contributed by atoms with Gasteiger partial charge in [0.25, 0.3) is 0 Å². The summed E-state index contributed by atoms with van der Waals surface area (Å²) < 4.78 is 24.8. The van der Waals surface area contributed by atoms with Gasteiger partial charge in [-0.25, -0.2) is 4.39 Å². The van der Waals surface area contributed by atoms with E-state index in [-0.39, 0.29) is 17.2 Å². The molecule has 0 aliphatic carbocycles. The first-order valence-corrected chi connectivity index (χ1v) is 7.44. The fraction of sp³-hybridized carbons (Fsp3) is 0.143. The maximum atomic E-state index is 13.6. The summed E-state index contributed by atoms with van der Waals surface area (Å²) in [6.45, 7) is 0. The highest BCUT2D eigenvalue weighted by Gasteiger charge is 2.09. The van der Waals surface area contributed by atoms with Crippen molar-refractivity contribution in [1.82, 2.24) is 4.98 Å². The summed E-state index contributed by atoms with van der Waals surface area (Å²) in [5.41, 5.74) is 1.11. The molecule has 1 amide bonds. The lowest BCUT2D eigenvalue weighted by molar-refractivity contribution is -0.115. The Labute approximate surface area is 118 Å². The van der Waals surface area contributed by atoms with E-state index in [0.717, 1.165) is 11.6 Å². The van der Waals surface area contributed by atoms with Gasteiger partial charge in [-0.15, -0.1) is 0 Å². The van der Waals surface area contributed by atoms with Crippen molar-refractivity contribution in [2.75, 3.05) is 11.6 Å². The van der Waals surface area contributed by atoms with Crippen molar-refractivity contribution in [3.8, 4) is 0 Å². The molecule has 1 atom stereocenters. The van der Waals surface area contributed by atoms with Crippen LogP contribution < -0.4 is 5.32 Å². The van der Waals surface area contributed by atoms with E-state index in [2.05, 4.69) is 10.3 Å². The highest BCUT2D eigenvalue weighted by atomic mass is 32.2. The largest absolute Gasteiger partial charge is 0.326 e. The van der Waals surface area contributed by atoms with Crippen LogP contribution in [0.3, 0.4) is 0 Å². The average molecular weight is 292 g/mol. The van der Waals surface area contributed by atoms with Crippen LogP contribution in [0.25, 0.3) is 0 Å². The molecule has 1 aromatic carbocycles. The lowest BCUT2D eigenvalue weighted by Crippen LogP contribution is -2.14. The van der Waals surface area contributed by atoms with Gasteiger partial charge in [0.05, 0.1) is 22.1 Å². The zero-order chi connectivity index (χ0) is 14.5. The van der Waals surface area contributed by atoms with Gasteiger partial charge in [-0.3, -0.25) is 14.0 Å². The smallest absolute Gasteiger partial charge is 0.228 e. The zero-order valence-corrected chi connectivity index (χ0v) is 11.6. The molecule has 0 aliphatic heterocycles.